The molecule has 120 valence electrons. The average molecular weight is 320 g/mol. The van der Waals surface area contributed by atoms with E-state index in [0.717, 1.165) is 0 Å². The van der Waals surface area contributed by atoms with Crippen molar-refractivity contribution in [1.82, 2.24) is 0 Å². The van der Waals surface area contributed by atoms with E-state index in [-0.39, 0.29) is 12.2 Å². The summed E-state index contributed by atoms with van der Waals surface area (Å²) in [6.45, 7) is 1.15. The van der Waals surface area contributed by atoms with Crippen LogP contribution in [0.2, 0.25) is 0 Å². The van der Waals surface area contributed by atoms with E-state index < -0.39 is 17.7 Å². The van der Waals surface area contributed by atoms with Crippen molar-refractivity contribution < 1.29 is 27.8 Å². The molecule has 0 fully saturated rings. The zero-order valence-corrected chi connectivity index (χ0v) is 12.3. The molecule has 0 atom stereocenters. The molecular weight excluding hydrogens is 306 g/mol. The molecule has 0 spiro atoms. The Morgan fingerprint density at radius 3 is 2.09 bits per heavy atom. The summed E-state index contributed by atoms with van der Waals surface area (Å²) in [5.41, 5.74) is -0.302. The number of hydrogen-bond acceptors (Lipinski definition) is 4. The number of hydrogen-bond donors (Lipinski definition) is 0. The Balaban J connectivity index is 2.12. The van der Waals surface area contributed by atoms with Gasteiger partial charge in [-0.1, -0.05) is 18.2 Å². The number of para-hydroxylation sites is 1. The lowest BCUT2D eigenvalue weighted by Gasteiger charge is -2.13. The van der Waals surface area contributed by atoms with Gasteiger partial charge >= 0.3 is 11.9 Å². The number of rotatable bonds is 6. The van der Waals surface area contributed by atoms with Crippen LogP contribution in [0.1, 0.15) is 17.3 Å². The van der Waals surface area contributed by atoms with Crippen LogP contribution in [0, 0.1) is 0 Å². The lowest BCUT2D eigenvalue weighted by molar-refractivity contribution is -0.164. The average Bonchev–Trinajstić information content (AvgIpc) is 2.56. The van der Waals surface area contributed by atoms with Gasteiger partial charge in [-0.15, -0.1) is 0 Å². The van der Waals surface area contributed by atoms with Crippen molar-refractivity contribution in [3.05, 3.63) is 60.2 Å². The molecule has 2 rings (SSSR count). The summed E-state index contributed by atoms with van der Waals surface area (Å²) in [7, 11) is 0. The molecule has 0 saturated heterocycles. The highest BCUT2D eigenvalue weighted by molar-refractivity contribution is 6.13. The standard InChI is InChI=1S/C17H14F2O4/c1-2-22-16(21)17(18,19)15(20)12-8-10-14(11-9-12)23-13-6-4-3-5-7-13/h3-11H,2H2,1H3. The summed E-state index contributed by atoms with van der Waals surface area (Å²) in [5.74, 6) is -6.72. The summed E-state index contributed by atoms with van der Waals surface area (Å²) in [5, 5.41) is 0. The topological polar surface area (TPSA) is 52.6 Å². The molecule has 6 heteroatoms. The summed E-state index contributed by atoms with van der Waals surface area (Å²) in [6, 6.07) is 14.0. The van der Waals surface area contributed by atoms with Gasteiger partial charge in [-0.2, -0.15) is 8.78 Å². The summed E-state index contributed by atoms with van der Waals surface area (Å²) < 4.78 is 37.1. The number of ether oxygens (including phenoxy) is 2. The van der Waals surface area contributed by atoms with Crippen molar-refractivity contribution in [2.24, 2.45) is 0 Å². The predicted molar refractivity (Wildman–Crippen MR) is 78.9 cm³/mol. The normalized spacial score (nSPS) is 10.9. The third-order valence-corrected chi connectivity index (χ3v) is 2.91. The molecule has 23 heavy (non-hydrogen) atoms. The Hall–Kier alpha value is -2.76. The van der Waals surface area contributed by atoms with Crippen molar-refractivity contribution in [2.75, 3.05) is 6.61 Å². The number of alkyl halides is 2. The molecule has 0 radical (unpaired) electrons. The number of Topliss-reactive ketones (excluding diaryl/α,β-unsaturated/α-hetero) is 1. The largest absolute Gasteiger partial charge is 0.461 e. The fourth-order valence-corrected chi connectivity index (χ4v) is 1.79. The molecule has 0 aliphatic carbocycles. The smallest absolute Gasteiger partial charge is 0.404 e. The van der Waals surface area contributed by atoms with Crippen molar-refractivity contribution in [3.63, 3.8) is 0 Å². The fourth-order valence-electron chi connectivity index (χ4n) is 1.79. The highest BCUT2D eigenvalue weighted by Crippen LogP contribution is 2.25. The van der Waals surface area contributed by atoms with Crippen LogP contribution < -0.4 is 4.74 Å². The monoisotopic (exact) mass is 320 g/mol. The van der Waals surface area contributed by atoms with Crippen molar-refractivity contribution >= 4 is 11.8 Å². The SMILES string of the molecule is CCOC(=O)C(F)(F)C(=O)c1ccc(Oc2ccccc2)cc1. The van der Waals surface area contributed by atoms with Gasteiger partial charge in [0.05, 0.1) is 6.61 Å². The predicted octanol–water partition coefficient (Wildman–Crippen LogP) is 3.86. The van der Waals surface area contributed by atoms with Crippen LogP contribution in [0.4, 0.5) is 8.78 Å². The van der Waals surface area contributed by atoms with Gasteiger partial charge in [0.2, 0.25) is 5.78 Å². The van der Waals surface area contributed by atoms with E-state index in [1.165, 1.54) is 31.2 Å². The molecule has 0 N–H and O–H groups in total. The van der Waals surface area contributed by atoms with Crippen molar-refractivity contribution in [1.29, 1.82) is 0 Å². The Labute approximate surface area is 131 Å². The van der Waals surface area contributed by atoms with Crippen LogP contribution in [0.5, 0.6) is 11.5 Å². The second-order valence-electron chi connectivity index (χ2n) is 4.56. The number of ketones is 1. The first-order chi connectivity index (χ1) is 10.9. The minimum absolute atomic E-state index is 0.231. The molecule has 2 aromatic carbocycles. The third kappa shape index (κ3) is 3.91. The first kappa shape index (κ1) is 16.6. The van der Waals surface area contributed by atoms with E-state index in [9.17, 15) is 18.4 Å². The summed E-state index contributed by atoms with van der Waals surface area (Å²) >= 11 is 0. The zero-order valence-electron chi connectivity index (χ0n) is 12.3. The highest BCUT2D eigenvalue weighted by atomic mass is 19.3. The Kier molecular flexibility index (Phi) is 5.05. The summed E-state index contributed by atoms with van der Waals surface area (Å²) in [6.07, 6.45) is 0. The highest BCUT2D eigenvalue weighted by Gasteiger charge is 2.49. The zero-order chi connectivity index (χ0) is 16.9. The number of benzene rings is 2. The van der Waals surface area contributed by atoms with E-state index in [1.54, 1.807) is 24.3 Å². The Bertz CT molecular complexity index is 681. The third-order valence-electron chi connectivity index (χ3n) is 2.91. The van der Waals surface area contributed by atoms with Crippen molar-refractivity contribution in [2.45, 2.75) is 12.8 Å². The molecule has 0 heterocycles. The van der Waals surface area contributed by atoms with Gasteiger partial charge in [0.1, 0.15) is 11.5 Å². The summed E-state index contributed by atoms with van der Waals surface area (Å²) in [4.78, 5) is 22.9. The molecule has 0 unspecified atom stereocenters. The van der Waals surface area contributed by atoms with Gasteiger partial charge in [0.15, 0.2) is 0 Å². The first-order valence-corrected chi connectivity index (χ1v) is 6.88. The van der Waals surface area contributed by atoms with Crippen LogP contribution in [-0.2, 0) is 9.53 Å². The molecule has 0 saturated carbocycles. The molecule has 2 aromatic rings. The second kappa shape index (κ2) is 7.00. The van der Waals surface area contributed by atoms with Gasteiger partial charge in [-0.25, -0.2) is 4.79 Å². The molecule has 0 aromatic heterocycles. The quantitative estimate of drug-likeness (QED) is 0.461. The van der Waals surface area contributed by atoms with Crippen LogP contribution >= 0.6 is 0 Å². The van der Waals surface area contributed by atoms with Gasteiger partial charge in [0, 0.05) is 5.56 Å². The lowest BCUT2D eigenvalue weighted by Crippen LogP contribution is -2.39. The maximum absolute atomic E-state index is 13.7. The maximum atomic E-state index is 13.7. The number of carbonyl (C=O) groups excluding carboxylic acids is 2. The molecule has 0 bridgehead atoms. The second-order valence-corrected chi connectivity index (χ2v) is 4.56. The molecule has 0 aliphatic rings. The first-order valence-electron chi connectivity index (χ1n) is 6.88. The van der Waals surface area contributed by atoms with E-state index in [0.29, 0.717) is 11.5 Å². The fraction of sp³-hybridized carbons (Fsp3) is 0.176. The molecule has 4 nitrogen and oxygen atoms in total. The minimum atomic E-state index is -4.21. The molecular formula is C17H14F2O4. The van der Waals surface area contributed by atoms with Gasteiger partial charge < -0.3 is 9.47 Å². The minimum Gasteiger partial charge on any atom is -0.461 e. The molecule has 0 amide bonds. The number of carbonyl (C=O) groups is 2. The molecule has 0 aliphatic heterocycles. The van der Waals surface area contributed by atoms with Crippen LogP contribution in [0.25, 0.3) is 0 Å². The number of halogens is 2. The Morgan fingerprint density at radius 1 is 0.957 bits per heavy atom. The van der Waals surface area contributed by atoms with E-state index in [1.807, 2.05) is 6.07 Å². The van der Waals surface area contributed by atoms with Gasteiger partial charge in [0.25, 0.3) is 0 Å². The lowest BCUT2D eigenvalue weighted by atomic mass is 10.1. The van der Waals surface area contributed by atoms with E-state index in [4.69, 9.17) is 4.74 Å². The van der Waals surface area contributed by atoms with E-state index in [2.05, 4.69) is 4.74 Å². The van der Waals surface area contributed by atoms with Crippen LogP contribution in [0.3, 0.4) is 0 Å². The van der Waals surface area contributed by atoms with Gasteiger partial charge in [-0.3, -0.25) is 4.79 Å². The van der Waals surface area contributed by atoms with E-state index >= 15 is 0 Å². The maximum Gasteiger partial charge on any atom is 0.404 e. The van der Waals surface area contributed by atoms with Crippen LogP contribution in [0.15, 0.2) is 54.6 Å². The van der Waals surface area contributed by atoms with Crippen LogP contribution in [-0.4, -0.2) is 24.3 Å². The van der Waals surface area contributed by atoms with Gasteiger partial charge in [-0.05, 0) is 43.3 Å². The Morgan fingerprint density at radius 2 is 1.52 bits per heavy atom. The number of esters is 1. The van der Waals surface area contributed by atoms with Crippen molar-refractivity contribution in [3.8, 4) is 11.5 Å².